The molecule has 0 aromatic heterocycles. The van der Waals surface area contributed by atoms with Crippen LogP contribution in [0.2, 0.25) is 0 Å². The van der Waals surface area contributed by atoms with Gasteiger partial charge in [0.15, 0.2) is 11.6 Å². The first-order valence-electron chi connectivity index (χ1n) is 4.11. The van der Waals surface area contributed by atoms with Gasteiger partial charge in [0.1, 0.15) is 0 Å². The van der Waals surface area contributed by atoms with Crippen molar-refractivity contribution in [2.75, 3.05) is 0 Å². The predicted octanol–water partition coefficient (Wildman–Crippen LogP) is 2.87. The molecule has 1 aromatic carbocycles. The van der Waals surface area contributed by atoms with E-state index in [-0.39, 0.29) is 4.47 Å². The molecule has 0 heterocycles. The maximum absolute atomic E-state index is 13.2. The van der Waals surface area contributed by atoms with E-state index in [2.05, 4.69) is 22.5 Å². The lowest BCUT2D eigenvalue weighted by atomic mass is 10.0. The number of halogens is 2. The molecule has 0 spiro atoms. The first-order chi connectivity index (χ1) is 6.57. The van der Waals surface area contributed by atoms with E-state index in [9.17, 15) is 9.50 Å². The second-order valence-electron chi connectivity index (χ2n) is 2.93. The molecule has 4 heteroatoms. The van der Waals surface area contributed by atoms with Gasteiger partial charge in [-0.1, -0.05) is 12.1 Å². The first-order valence-corrected chi connectivity index (χ1v) is 4.90. The molecule has 0 saturated heterocycles. The molecule has 0 aliphatic rings. The van der Waals surface area contributed by atoms with Crippen molar-refractivity contribution in [3.8, 4) is 5.75 Å². The standard InChI is InChI=1S/C10H11BrFNO/c1-2-3-8(13)6-4-5-7(11)9(12)10(6)14/h2,4-5,8,14H,1,3,13H2/t8-/m0/s1. The molecule has 0 saturated carbocycles. The smallest absolute Gasteiger partial charge is 0.179 e. The molecule has 0 radical (unpaired) electrons. The van der Waals surface area contributed by atoms with E-state index >= 15 is 0 Å². The molecule has 76 valence electrons. The average Bonchev–Trinajstić information content (AvgIpc) is 2.15. The van der Waals surface area contributed by atoms with Crippen molar-refractivity contribution in [2.24, 2.45) is 5.73 Å². The van der Waals surface area contributed by atoms with Gasteiger partial charge in [-0.15, -0.1) is 6.58 Å². The zero-order valence-corrected chi connectivity index (χ0v) is 9.09. The van der Waals surface area contributed by atoms with Crippen molar-refractivity contribution in [1.29, 1.82) is 0 Å². The van der Waals surface area contributed by atoms with Crippen LogP contribution in [0, 0.1) is 5.82 Å². The maximum Gasteiger partial charge on any atom is 0.179 e. The van der Waals surface area contributed by atoms with Gasteiger partial charge in [-0.3, -0.25) is 0 Å². The van der Waals surface area contributed by atoms with Crippen LogP contribution in [0.15, 0.2) is 29.3 Å². The Kier molecular flexibility index (Phi) is 3.66. The van der Waals surface area contributed by atoms with Gasteiger partial charge in [0, 0.05) is 11.6 Å². The third-order valence-electron chi connectivity index (χ3n) is 1.92. The Morgan fingerprint density at radius 3 is 2.86 bits per heavy atom. The zero-order valence-electron chi connectivity index (χ0n) is 7.50. The molecule has 0 aliphatic heterocycles. The first kappa shape index (κ1) is 11.2. The predicted molar refractivity (Wildman–Crippen MR) is 57.5 cm³/mol. The van der Waals surface area contributed by atoms with Crippen LogP contribution in [0.4, 0.5) is 4.39 Å². The Labute approximate surface area is 90.4 Å². The van der Waals surface area contributed by atoms with Crippen LogP contribution in [0.25, 0.3) is 0 Å². The van der Waals surface area contributed by atoms with Crippen molar-refractivity contribution < 1.29 is 9.50 Å². The topological polar surface area (TPSA) is 46.2 Å². The molecular weight excluding hydrogens is 249 g/mol. The molecule has 0 amide bonds. The zero-order chi connectivity index (χ0) is 10.7. The SMILES string of the molecule is C=CC[C@H](N)c1ccc(Br)c(F)c1O. The number of benzene rings is 1. The van der Waals surface area contributed by atoms with E-state index in [0.29, 0.717) is 12.0 Å². The number of hydrogen-bond donors (Lipinski definition) is 2. The lowest BCUT2D eigenvalue weighted by Crippen LogP contribution is -2.09. The molecule has 0 bridgehead atoms. The Hall–Kier alpha value is -0.870. The van der Waals surface area contributed by atoms with Crippen molar-refractivity contribution >= 4 is 15.9 Å². The highest BCUT2D eigenvalue weighted by molar-refractivity contribution is 9.10. The molecule has 2 nitrogen and oxygen atoms in total. The summed E-state index contributed by atoms with van der Waals surface area (Å²) in [5.74, 6) is -1.07. The van der Waals surface area contributed by atoms with Crippen LogP contribution >= 0.6 is 15.9 Å². The van der Waals surface area contributed by atoms with E-state index < -0.39 is 17.6 Å². The van der Waals surface area contributed by atoms with E-state index in [1.807, 2.05) is 0 Å². The van der Waals surface area contributed by atoms with Gasteiger partial charge in [-0.2, -0.15) is 0 Å². The van der Waals surface area contributed by atoms with Crippen LogP contribution in [-0.2, 0) is 0 Å². The number of phenolic OH excluding ortho intramolecular Hbond substituents is 1. The monoisotopic (exact) mass is 259 g/mol. The number of aromatic hydroxyl groups is 1. The van der Waals surface area contributed by atoms with Gasteiger partial charge in [-0.05, 0) is 28.4 Å². The fourth-order valence-electron chi connectivity index (χ4n) is 1.16. The van der Waals surface area contributed by atoms with E-state index in [0.717, 1.165) is 0 Å². The van der Waals surface area contributed by atoms with E-state index in [4.69, 9.17) is 5.73 Å². The van der Waals surface area contributed by atoms with Gasteiger partial charge in [0.05, 0.1) is 4.47 Å². The van der Waals surface area contributed by atoms with Gasteiger partial charge in [-0.25, -0.2) is 4.39 Å². The summed E-state index contributed by atoms with van der Waals surface area (Å²) in [6, 6.07) is 2.69. The van der Waals surface area contributed by atoms with Crippen molar-refractivity contribution in [3.05, 3.63) is 40.6 Å². The number of hydrogen-bond acceptors (Lipinski definition) is 2. The lowest BCUT2D eigenvalue weighted by Gasteiger charge is -2.12. The minimum Gasteiger partial charge on any atom is -0.505 e. The average molecular weight is 260 g/mol. The summed E-state index contributed by atoms with van der Waals surface area (Å²) in [7, 11) is 0. The van der Waals surface area contributed by atoms with Gasteiger partial charge >= 0.3 is 0 Å². The summed E-state index contributed by atoms with van der Waals surface area (Å²) in [4.78, 5) is 0. The Bertz CT molecular complexity index is 354. The molecule has 1 atom stereocenters. The Morgan fingerprint density at radius 1 is 1.64 bits per heavy atom. The van der Waals surface area contributed by atoms with Crippen molar-refractivity contribution in [1.82, 2.24) is 0 Å². The molecule has 1 aromatic rings. The van der Waals surface area contributed by atoms with Gasteiger partial charge in [0.2, 0.25) is 0 Å². The summed E-state index contributed by atoms with van der Waals surface area (Å²) < 4.78 is 13.4. The van der Waals surface area contributed by atoms with Crippen molar-refractivity contribution in [2.45, 2.75) is 12.5 Å². The van der Waals surface area contributed by atoms with Crippen LogP contribution < -0.4 is 5.73 Å². The van der Waals surface area contributed by atoms with E-state index in [1.54, 1.807) is 12.1 Å². The number of rotatable bonds is 3. The highest BCUT2D eigenvalue weighted by Gasteiger charge is 2.15. The van der Waals surface area contributed by atoms with Gasteiger partial charge in [0.25, 0.3) is 0 Å². The normalized spacial score (nSPS) is 12.5. The fraction of sp³-hybridized carbons (Fsp3) is 0.200. The maximum atomic E-state index is 13.2. The Balaban J connectivity index is 3.10. The molecule has 0 aliphatic carbocycles. The summed E-state index contributed by atoms with van der Waals surface area (Å²) in [5, 5.41) is 9.46. The van der Waals surface area contributed by atoms with Crippen molar-refractivity contribution in [3.63, 3.8) is 0 Å². The molecule has 0 unspecified atom stereocenters. The molecule has 0 fully saturated rings. The summed E-state index contributed by atoms with van der Waals surface area (Å²) in [6.07, 6.45) is 2.12. The molecular formula is C10H11BrFNO. The third kappa shape index (κ3) is 2.13. The van der Waals surface area contributed by atoms with Crippen LogP contribution in [0.3, 0.4) is 0 Å². The summed E-state index contributed by atoms with van der Waals surface area (Å²) >= 11 is 2.97. The highest BCUT2D eigenvalue weighted by atomic mass is 79.9. The lowest BCUT2D eigenvalue weighted by molar-refractivity contribution is 0.419. The second kappa shape index (κ2) is 4.57. The second-order valence-corrected chi connectivity index (χ2v) is 3.78. The number of nitrogens with two attached hydrogens (primary N) is 1. The molecule has 3 N–H and O–H groups in total. The fourth-order valence-corrected chi connectivity index (χ4v) is 1.48. The highest BCUT2D eigenvalue weighted by Crippen LogP contribution is 2.31. The van der Waals surface area contributed by atoms with Gasteiger partial charge < -0.3 is 10.8 Å². The van der Waals surface area contributed by atoms with Crippen LogP contribution in [-0.4, -0.2) is 5.11 Å². The summed E-state index contributed by atoms with van der Waals surface area (Å²) in [5.41, 5.74) is 6.11. The number of phenols is 1. The quantitative estimate of drug-likeness (QED) is 0.821. The van der Waals surface area contributed by atoms with Crippen LogP contribution in [0.1, 0.15) is 18.0 Å². The Morgan fingerprint density at radius 2 is 2.29 bits per heavy atom. The van der Waals surface area contributed by atoms with E-state index in [1.165, 1.54) is 6.07 Å². The van der Waals surface area contributed by atoms with Crippen LogP contribution in [0.5, 0.6) is 5.75 Å². The minimum atomic E-state index is -0.679. The molecule has 1 rings (SSSR count). The summed E-state index contributed by atoms with van der Waals surface area (Å²) in [6.45, 7) is 3.53. The largest absolute Gasteiger partial charge is 0.505 e. The molecule has 14 heavy (non-hydrogen) atoms. The minimum absolute atomic E-state index is 0.226. The third-order valence-corrected chi connectivity index (χ3v) is 2.53.